The maximum absolute atomic E-state index is 13.8. The van der Waals surface area contributed by atoms with Gasteiger partial charge in [0.2, 0.25) is 0 Å². The number of hydrogen-bond acceptors (Lipinski definition) is 14. The number of halogens is 9. The molecule has 7 N–H and O–H groups in total. The molecule has 26 heteroatoms. The van der Waals surface area contributed by atoms with Crippen molar-refractivity contribution >= 4 is 29.8 Å². The van der Waals surface area contributed by atoms with Gasteiger partial charge in [0, 0.05) is 13.5 Å². The predicted octanol–water partition coefficient (Wildman–Crippen LogP) is 23.8. The van der Waals surface area contributed by atoms with E-state index in [4.69, 9.17) is 10.2 Å². The van der Waals surface area contributed by atoms with Crippen molar-refractivity contribution in [3.05, 3.63) is 125 Å². The highest BCUT2D eigenvalue weighted by Gasteiger charge is 2.63. The first-order chi connectivity index (χ1) is 60.5. The molecule has 0 bridgehead atoms. The van der Waals surface area contributed by atoms with E-state index in [2.05, 4.69) is 77.8 Å². The molecule has 9 fully saturated rings. The first kappa shape index (κ1) is 106. The molecule has 0 saturated heterocycles. The van der Waals surface area contributed by atoms with Crippen molar-refractivity contribution in [2.24, 2.45) is 123 Å². The first-order valence-corrected chi connectivity index (χ1v) is 53.7. The van der Waals surface area contributed by atoms with Crippen LogP contribution in [0.25, 0.3) is 0 Å². The van der Waals surface area contributed by atoms with Crippen LogP contribution in [0.2, 0.25) is 0 Å². The number of alkyl halides is 9. The van der Waals surface area contributed by atoms with Gasteiger partial charge in [-0.2, -0.15) is 47.9 Å². The second-order valence-corrected chi connectivity index (χ2v) is 50.2. The Labute approximate surface area is 771 Å². The van der Waals surface area contributed by atoms with Crippen LogP contribution in [0.15, 0.2) is 135 Å². The molecule has 12 aliphatic carbocycles. The largest absolute Gasteiger partial charge is 0.419 e. The van der Waals surface area contributed by atoms with E-state index in [0.717, 1.165) is 178 Å². The van der Waals surface area contributed by atoms with Gasteiger partial charge in [-0.25, -0.2) is 16.8 Å². The molecule has 12 aliphatic rings. The first-order valence-electron chi connectivity index (χ1n) is 49.0. The third-order valence-corrected chi connectivity index (χ3v) is 41.9. The monoisotopic (exact) mass is 1900 g/mol. The lowest BCUT2D eigenvalue weighted by molar-refractivity contribution is -0.260. The zero-order valence-electron chi connectivity index (χ0n) is 79.6. The van der Waals surface area contributed by atoms with Crippen molar-refractivity contribution in [1.82, 2.24) is 0 Å². The minimum Gasteiger partial charge on any atom is -0.400 e. The predicted molar refractivity (Wildman–Crippen MR) is 491 cm³/mol. The number of allylic oxidation sites excluding steroid dienone is 3. The Morgan fingerprint density at radius 3 is 1.15 bits per heavy atom. The summed E-state index contributed by atoms with van der Waals surface area (Å²) in [7, 11) is -10.6. The van der Waals surface area contributed by atoms with Gasteiger partial charge in [0.05, 0.1) is 42.5 Å². The van der Waals surface area contributed by atoms with Crippen LogP contribution in [0.4, 0.5) is 39.5 Å². The Hall–Kier alpha value is -4.22. The van der Waals surface area contributed by atoms with E-state index in [1.54, 1.807) is 42.8 Å². The van der Waals surface area contributed by atoms with Gasteiger partial charge in [-0.3, -0.25) is 4.18 Å². The van der Waals surface area contributed by atoms with Gasteiger partial charge in [-0.05, 0) is 386 Å². The van der Waals surface area contributed by atoms with E-state index in [-0.39, 0.29) is 51.1 Å². The van der Waals surface area contributed by atoms with Gasteiger partial charge in [0.25, 0.3) is 10.1 Å². The van der Waals surface area contributed by atoms with Crippen molar-refractivity contribution in [1.29, 1.82) is 0 Å². The lowest BCUT2D eigenvalue weighted by Crippen LogP contribution is -2.49. The van der Waals surface area contributed by atoms with Gasteiger partial charge in [0.15, 0.2) is 36.5 Å². The summed E-state index contributed by atoms with van der Waals surface area (Å²) < 4.78 is 198. The quantitative estimate of drug-likeness (QED) is 0.0250. The molecule has 0 spiro atoms. The summed E-state index contributed by atoms with van der Waals surface area (Å²) >= 11 is 0. The van der Waals surface area contributed by atoms with Gasteiger partial charge in [-0.15, -0.1) is 0 Å². The van der Waals surface area contributed by atoms with Crippen LogP contribution in [0.1, 0.15) is 301 Å². The molecule has 0 aromatic heterocycles. The van der Waals surface area contributed by atoms with Crippen LogP contribution in [0.3, 0.4) is 0 Å². The Morgan fingerprint density at radius 2 is 0.785 bits per heavy atom. The maximum atomic E-state index is 13.8. The van der Waals surface area contributed by atoms with E-state index in [1.807, 2.05) is 25.1 Å². The number of sulfone groups is 2. The summed E-state index contributed by atoms with van der Waals surface area (Å²) in [5.41, 5.74) is -4.47. The van der Waals surface area contributed by atoms with E-state index in [1.165, 1.54) is 105 Å². The highest BCUT2D eigenvalue weighted by Crippen LogP contribution is 2.69. The minimum atomic E-state index is -4.98. The van der Waals surface area contributed by atoms with Crippen molar-refractivity contribution in [3.63, 3.8) is 0 Å². The topological polar surface area (TPSA) is 253 Å². The smallest absolute Gasteiger partial charge is 0.400 e. The molecule has 1 unspecified atom stereocenters. The van der Waals surface area contributed by atoms with Gasteiger partial charge < -0.3 is 35.7 Å². The molecule has 736 valence electrons. The van der Waals surface area contributed by atoms with Crippen molar-refractivity contribution in [2.75, 3.05) is 19.5 Å². The van der Waals surface area contributed by atoms with Crippen molar-refractivity contribution < 1.29 is 105 Å². The molecule has 0 radical (unpaired) electrons. The number of aliphatic hydroxyl groups excluding tert-OH is 1. The minimum absolute atomic E-state index is 0.00319. The summed E-state index contributed by atoms with van der Waals surface area (Å²) in [6.07, 6.45) is 22.7. The highest BCUT2D eigenvalue weighted by atomic mass is 32.2. The Balaban J connectivity index is 0.000000171. The summed E-state index contributed by atoms with van der Waals surface area (Å²) in [5.74, 6) is 10.5. The fraction of sp³-hybridized carbons (Fsp3) is 0.769. The Morgan fingerprint density at radius 1 is 0.431 bits per heavy atom. The fourth-order valence-electron chi connectivity index (χ4n) is 28.6. The molecule has 3 aromatic rings. The summed E-state index contributed by atoms with van der Waals surface area (Å²) in [4.78, 5) is 0.199. The molecule has 3 aromatic carbocycles. The molecule has 14 nitrogen and oxygen atoms in total. The molecule has 9 saturated carbocycles. The van der Waals surface area contributed by atoms with E-state index in [0.29, 0.717) is 95.7 Å². The second kappa shape index (κ2) is 40.7. The molecule has 0 heterocycles. The number of aryl methyl sites for hydroxylation is 1. The number of fused-ring (bicyclic) bond motifs is 15. The van der Waals surface area contributed by atoms with Gasteiger partial charge >= 0.3 is 18.5 Å². The second-order valence-electron chi connectivity index (χ2n) is 44.2. The number of benzene rings is 3. The maximum Gasteiger partial charge on any atom is 0.419 e. The number of hydrogen-bond donors (Lipinski definition) is 7. The number of aliphatic hydroxyl groups is 7. The van der Waals surface area contributed by atoms with E-state index < -0.39 is 100 Å². The summed E-state index contributed by atoms with van der Waals surface area (Å²) in [6.45, 7) is 22.6. The molecule has 0 amide bonds. The average molecular weight is 1900 g/mol. The van der Waals surface area contributed by atoms with Crippen molar-refractivity contribution in [2.45, 2.75) is 374 Å². The molecule has 0 aliphatic heterocycles. The highest BCUT2D eigenvalue weighted by molar-refractivity contribution is 7.92. The lowest BCUT2D eigenvalue weighted by atomic mass is 9.50. The van der Waals surface area contributed by atoms with Gasteiger partial charge in [-0.1, -0.05) is 158 Å². The normalized spacial score (nSPS) is 36.4. The van der Waals surface area contributed by atoms with Gasteiger partial charge in [0.1, 0.15) is 6.61 Å². The van der Waals surface area contributed by atoms with Crippen LogP contribution >= 0.6 is 0 Å². The Bertz CT molecular complexity index is 4710. The molecule has 15 rings (SSSR count). The van der Waals surface area contributed by atoms with Crippen LogP contribution < -0.4 is 0 Å². The van der Waals surface area contributed by atoms with E-state index >= 15 is 0 Å². The zero-order chi connectivity index (χ0) is 96.0. The molecule has 130 heavy (non-hydrogen) atoms. The van der Waals surface area contributed by atoms with E-state index in [9.17, 15) is 90.3 Å². The Kier molecular flexibility index (Phi) is 33.2. The third kappa shape index (κ3) is 22.5. The summed E-state index contributed by atoms with van der Waals surface area (Å²) in [5, 5.41) is 67.7. The van der Waals surface area contributed by atoms with Crippen LogP contribution in [0.5, 0.6) is 0 Å². The standard InChI is InChI=1S/C34H49F3O4S.C30H44O3S.C28H45F3O2.C11H13F3O4S.CH4O/c1-5-33(39)18-16-26-23(20-33)11-12-28-27(26)15-17-31(3)29(13-14-30(28)31)22(2)19-25(21-32(4,38)34(35,36)37)42(40,41)24-9-7-6-8-10-24;1-4-30(31)18-15-24-22(20-30)10-11-26-25(24)14-17-29(3)27(12-13-28(26)29)21(2)16-19-34(32,33)23-8-6-5-7-9-23;1-5-27(33)16-13-20-19(17-27)8-9-22-21(20)12-15-25(3)23(10-11-24(22)25)18(2)7-6-14-26(4,32)28(29,30)31;1-8-3-5-9(6-4-8)19(16,17)18-7-10(2,15)11(12,13)14;1-2/h6-11,22,25-30,38-39H,5,12-21H2,1-4H3;5-10,21,24-28,31H,4,11-20H2,1-3H3;8,18,20-24,32-33H,5-7,9-17H2,1-4H3;3-6,15H,7H2,1-2H3;2H,1H3/t22-,25?,26+,27-,28-,29-,30+,31-,32+,33+;21-,24+,25-,26-,27-,28+,29-,30+;18-,20+,21-,22-,23-,24+,25-,26+,27+;10-;/m1110./s1. The van der Waals surface area contributed by atoms with Crippen LogP contribution in [0, 0.1) is 130 Å². The average Bonchev–Trinajstić information content (AvgIpc) is 1.54. The third-order valence-electron chi connectivity index (χ3n) is 36.7. The zero-order valence-corrected chi connectivity index (χ0v) is 82.1. The molecular formula is C104H155F9O14S3. The number of rotatable bonds is 24. The fourth-order valence-corrected chi connectivity index (χ4v) is 33.1. The SMILES string of the molecule is CC[C@]1(O)CC[C@H]2C(=CC[C@@H]3[C@@H]2CC[C@]2(C)[C@@H]([C@H](C)CC(C[C@](C)(O)C(F)(F)F)S(=O)(=O)c4ccccc4)CC[C@@H]32)C1.CC[C@]1(O)CC[C@H]2C(=CC[C@@H]3[C@@H]2CC[C@]2(C)[C@@H]([C@H](C)CCC[C@](C)(O)C(F)(F)F)CC[C@@H]32)C1.CC[C@]1(O)CC[C@H]2C(=CC[C@@H]3[C@@H]2CC[C@]2(C)[C@@H]([C@H](C)CCS(=O)(=O)c4ccccc4)CC[C@@H]32)C1.CO.Cc1ccc(S(=O)(=O)OC[C@](C)(O)C(F)(F)F)cc1. The lowest BCUT2D eigenvalue weighted by Gasteiger charge is -2.55. The molecule has 28 atom stereocenters. The van der Waals surface area contributed by atoms with Crippen LogP contribution in [-0.2, 0) is 34.0 Å². The van der Waals surface area contributed by atoms with Crippen molar-refractivity contribution in [3.8, 4) is 0 Å². The molecular weight excluding hydrogens is 1740 g/mol. The van der Waals surface area contributed by atoms with Crippen LogP contribution in [-0.4, -0.2) is 138 Å². The summed E-state index contributed by atoms with van der Waals surface area (Å²) in [6, 6.07) is 22.1.